The van der Waals surface area contributed by atoms with Gasteiger partial charge in [-0.1, -0.05) is 19.4 Å². The van der Waals surface area contributed by atoms with E-state index >= 15 is 0 Å². The third-order valence-electron chi connectivity index (χ3n) is 2.55. The van der Waals surface area contributed by atoms with E-state index in [9.17, 15) is 9.59 Å². The lowest BCUT2D eigenvalue weighted by molar-refractivity contribution is -0.133. The van der Waals surface area contributed by atoms with Crippen LogP contribution in [0.15, 0.2) is 12.7 Å². The summed E-state index contributed by atoms with van der Waals surface area (Å²) in [4.78, 5) is 23.7. The van der Waals surface area contributed by atoms with E-state index in [1.807, 2.05) is 0 Å². The number of nitrogens with two attached hydrogens (primary N) is 1. The molecule has 78 valence electrons. The summed E-state index contributed by atoms with van der Waals surface area (Å²) in [5.41, 5.74) is 5.09. The van der Waals surface area contributed by atoms with E-state index in [0.717, 1.165) is 25.7 Å². The Bertz CT molecular complexity index is 245. The van der Waals surface area contributed by atoms with Crippen LogP contribution in [0.1, 0.15) is 25.7 Å². The van der Waals surface area contributed by atoms with E-state index in [4.69, 9.17) is 5.73 Å². The summed E-state index contributed by atoms with van der Waals surface area (Å²) in [6.45, 7) is 3.43. The predicted octanol–water partition coefficient (Wildman–Crippen LogP) is 0.429. The van der Waals surface area contributed by atoms with Crippen molar-refractivity contribution in [3.05, 3.63) is 12.7 Å². The summed E-state index contributed by atoms with van der Waals surface area (Å²) in [5, 5.41) is 0. The molecule has 4 heteroatoms. The standard InChI is InChI=1S/C10H16N2O2/c1-2-10(14)12(7-9(11)13)8-5-3-4-6-8/h2,8H,1,3-7H2,(H2,11,13). The van der Waals surface area contributed by atoms with Crippen molar-refractivity contribution in [3.8, 4) is 0 Å². The molecular formula is C10H16N2O2. The Hall–Kier alpha value is -1.32. The zero-order chi connectivity index (χ0) is 10.6. The molecule has 0 aromatic heterocycles. The fourth-order valence-corrected chi connectivity index (χ4v) is 1.89. The summed E-state index contributed by atoms with van der Waals surface area (Å²) in [5.74, 6) is -0.664. The molecule has 0 aliphatic heterocycles. The summed E-state index contributed by atoms with van der Waals surface area (Å²) < 4.78 is 0. The number of nitrogens with zero attached hydrogens (tertiary/aromatic N) is 1. The fraction of sp³-hybridized carbons (Fsp3) is 0.600. The summed E-state index contributed by atoms with van der Waals surface area (Å²) >= 11 is 0. The quantitative estimate of drug-likeness (QED) is 0.663. The van der Waals surface area contributed by atoms with Crippen LogP contribution in [0.2, 0.25) is 0 Å². The fourth-order valence-electron chi connectivity index (χ4n) is 1.89. The van der Waals surface area contributed by atoms with E-state index < -0.39 is 5.91 Å². The van der Waals surface area contributed by atoms with Gasteiger partial charge in [-0.05, 0) is 18.9 Å². The zero-order valence-electron chi connectivity index (χ0n) is 8.24. The highest BCUT2D eigenvalue weighted by molar-refractivity contribution is 5.90. The number of carbonyl (C=O) groups excluding carboxylic acids is 2. The number of primary amides is 1. The molecule has 1 aliphatic rings. The molecule has 0 atom stereocenters. The Morgan fingerprint density at radius 2 is 2.00 bits per heavy atom. The molecule has 0 aromatic carbocycles. The van der Waals surface area contributed by atoms with Crippen LogP contribution in [-0.2, 0) is 9.59 Å². The first kappa shape index (κ1) is 10.8. The summed E-state index contributed by atoms with van der Waals surface area (Å²) in [6.07, 6.45) is 5.40. The number of carbonyl (C=O) groups is 2. The van der Waals surface area contributed by atoms with Crippen LogP contribution < -0.4 is 5.73 Å². The van der Waals surface area contributed by atoms with Gasteiger partial charge in [0, 0.05) is 6.04 Å². The van der Waals surface area contributed by atoms with Gasteiger partial charge in [-0.2, -0.15) is 0 Å². The minimum Gasteiger partial charge on any atom is -0.368 e. The molecule has 0 radical (unpaired) electrons. The first-order valence-electron chi connectivity index (χ1n) is 4.86. The lowest BCUT2D eigenvalue weighted by atomic mass is 10.2. The molecule has 14 heavy (non-hydrogen) atoms. The van der Waals surface area contributed by atoms with Crippen LogP contribution >= 0.6 is 0 Å². The third kappa shape index (κ3) is 2.58. The minimum atomic E-state index is -0.466. The average molecular weight is 196 g/mol. The number of rotatable bonds is 4. The molecule has 1 rings (SSSR count). The van der Waals surface area contributed by atoms with E-state index in [1.54, 1.807) is 0 Å². The van der Waals surface area contributed by atoms with Crippen molar-refractivity contribution in [3.63, 3.8) is 0 Å². The SMILES string of the molecule is C=CC(=O)N(CC(N)=O)C1CCCC1. The average Bonchev–Trinajstić information content (AvgIpc) is 2.65. The Kier molecular flexibility index (Phi) is 3.68. The molecule has 0 saturated heterocycles. The van der Waals surface area contributed by atoms with Crippen molar-refractivity contribution in [1.29, 1.82) is 0 Å². The second-order valence-electron chi connectivity index (χ2n) is 3.57. The number of hydrogen-bond donors (Lipinski definition) is 1. The van der Waals surface area contributed by atoms with Gasteiger partial charge in [-0.15, -0.1) is 0 Å². The highest BCUT2D eigenvalue weighted by atomic mass is 16.2. The second-order valence-corrected chi connectivity index (χ2v) is 3.57. The van der Waals surface area contributed by atoms with Gasteiger partial charge in [0.25, 0.3) is 0 Å². The summed E-state index contributed by atoms with van der Waals surface area (Å²) in [7, 11) is 0. The maximum absolute atomic E-state index is 11.4. The molecule has 0 spiro atoms. The molecule has 1 fully saturated rings. The normalized spacial score (nSPS) is 16.6. The van der Waals surface area contributed by atoms with Crippen LogP contribution in [0.3, 0.4) is 0 Å². The van der Waals surface area contributed by atoms with Crippen molar-refractivity contribution in [1.82, 2.24) is 4.90 Å². The lowest BCUT2D eigenvalue weighted by Gasteiger charge is -2.26. The monoisotopic (exact) mass is 196 g/mol. The molecule has 1 aliphatic carbocycles. The Labute approximate surface area is 83.8 Å². The van der Waals surface area contributed by atoms with Crippen molar-refractivity contribution < 1.29 is 9.59 Å². The summed E-state index contributed by atoms with van der Waals surface area (Å²) in [6, 6.07) is 0.174. The predicted molar refractivity (Wildman–Crippen MR) is 53.4 cm³/mol. The Morgan fingerprint density at radius 3 is 2.43 bits per heavy atom. The smallest absolute Gasteiger partial charge is 0.246 e. The highest BCUT2D eigenvalue weighted by Gasteiger charge is 2.26. The van der Waals surface area contributed by atoms with E-state index in [0.29, 0.717) is 0 Å². The molecule has 0 heterocycles. The Morgan fingerprint density at radius 1 is 1.43 bits per heavy atom. The van der Waals surface area contributed by atoms with Gasteiger partial charge in [0.05, 0.1) is 6.54 Å². The van der Waals surface area contributed by atoms with Crippen molar-refractivity contribution in [2.24, 2.45) is 5.73 Å². The maximum atomic E-state index is 11.4. The zero-order valence-corrected chi connectivity index (χ0v) is 8.24. The van der Waals surface area contributed by atoms with E-state index in [-0.39, 0.29) is 18.5 Å². The number of amides is 2. The van der Waals surface area contributed by atoms with Gasteiger partial charge in [-0.3, -0.25) is 9.59 Å². The third-order valence-corrected chi connectivity index (χ3v) is 2.55. The molecule has 0 aromatic rings. The topological polar surface area (TPSA) is 63.4 Å². The van der Waals surface area contributed by atoms with Gasteiger partial charge < -0.3 is 10.6 Å². The highest BCUT2D eigenvalue weighted by Crippen LogP contribution is 2.23. The first-order chi connectivity index (χ1) is 6.65. The van der Waals surface area contributed by atoms with Crippen LogP contribution in [-0.4, -0.2) is 29.3 Å². The van der Waals surface area contributed by atoms with Gasteiger partial charge in [0.15, 0.2) is 0 Å². The number of hydrogen-bond acceptors (Lipinski definition) is 2. The van der Waals surface area contributed by atoms with Crippen LogP contribution in [0, 0.1) is 0 Å². The maximum Gasteiger partial charge on any atom is 0.246 e. The van der Waals surface area contributed by atoms with Crippen LogP contribution in [0.25, 0.3) is 0 Å². The molecule has 1 saturated carbocycles. The molecule has 2 amide bonds. The Balaban J connectivity index is 2.64. The molecule has 0 unspecified atom stereocenters. The largest absolute Gasteiger partial charge is 0.368 e. The van der Waals surface area contributed by atoms with Gasteiger partial charge in [0.2, 0.25) is 11.8 Å². The van der Waals surface area contributed by atoms with Crippen LogP contribution in [0.4, 0.5) is 0 Å². The minimum absolute atomic E-state index is 0.00944. The second kappa shape index (κ2) is 4.79. The van der Waals surface area contributed by atoms with Crippen molar-refractivity contribution in [2.45, 2.75) is 31.7 Å². The van der Waals surface area contributed by atoms with Gasteiger partial charge >= 0.3 is 0 Å². The molecule has 4 nitrogen and oxygen atoms in total. The van der Waals surface area contributed by atoms with Gasteiger partial charge in [-0.25, -0.2) is 0 Å². The lowest BCUT2D eigenvalue weighted by Crippen LogP contribution is -2.43. The van der Waals surface area contributed by atoms with E-state index in [1.165, 1.54) is 11.0 Å². The first-order valence-corrected chi connectivity index (χ1v) is 4.86. The molecule has 2 N–H and O–H groups in total. The van der Waals surface area contributed by atoms with Crippen LogP contribution in [0.5, 0.6) is 0 Å². The molecule has 0 bridgehead atoms. The molecular weight excluding hydrogens is 180 g/mol. The van der Waals surface area contributed by atoms with E-state index in [2.05, 4.69) is 6.58 Å². The van der Waals surface area contributed by atoms with Crippen molar-refractivity contribution in [2.75, 3.05) is 6.54 Å². The van der Waals surface area contributed by atoms with Crippen molar-refractivity contribution >= 4 is 11.8 Å². The van der Waals surface area contributed by atoms with Gasteiger partial charge in [0.1, 0.15) is 0 Å².